The molecule has 0 bridgehead atoms. The minimum absolute atomic E-state index is 0.392. The number of rotatable bonds is 9. The summed E-state index contributed by atoms with van der Waals surface area (Å²) >= 11 is 0. The third-order valence-electron chi connectivity index (χ3n) is 9.07. The molecular weight excluding hydrogens is 486 g/mol. The molecule has 40 heavy (non-hydrogen) atoms. The lowest BCUT2D eigenvalue weighted by Gasteiger charge is -2.45. The average Bonchev–Trinajstić information content (AvgIpc) is 3.39. The molecule has 4 aromatic carbocycles. The Balaban J connectivity index is 1.58. The zero-order valence-corrected chi connectivity index (χ0v) is 23.8. The largest absolute Gasteiger partial charge is 0.353 e. The van der Waals surface area contributed by atoms with E-state index >= 15 is 0 Å². The van der Waals surface area contributed by atoms with Crippen molar-refractivity contribution in [3.8, 4) is 6.07 Å². The highest BCUT2D eigenvalue weighted by Gasteiger charge is 2.49. The maximum absolute atomic E-state index is 10.2. The van der Waals surface area contributed by atoms with Crippen LogP contribution in [0.3, 0.4) is 0 Å². The molecule has 0 radical (unpaired) electrons. The van der Waals surface area contributed by atoms with Crippen molar-refractivity contribution in [3.63, 3.8) is 0 Å². The van der Waals surface area contributed by atoms with E-state index in [0.29, 0.717) is 12.0 Å². The molecule has 0 N–H and O–H groups in total. The van der Waals surface area contributed by atoms with Gasteiger partial charge in [-0.15, -0.1) is 0 Å². The first kappa shape index (κ1) is 26.4. The third-order valence-corrected chi connectivity index (χ3v) is 9.07. The fraction of sp³-hybridized carbons (Fsp3) is 0.324. The number of anilines is 1. The van der Waals surface area contributed by atoms with E-state index in [0.717, 1.165) is 50.9 Å². The fourth-order valence-electron chi connectivity index (χ4n) is 7.57. The average molecular weight is 526 g/mol. The quantitative estimate of drug-likeness (QED) is 0.208. The summed E-state index contributed by atoms with van der Waals surface area (Å²) < 4.78 is 0. The topological polar surface area (TPSA) is 30.3 Å². The van der Waals surface area contributed by atoms with E-state index in [4.69, 9.17) is 0 Å². The number of hydrogen-bond donors (Lipinski definition) is 0. The standard InChI is InChI=1S/C37H39N3/c1-3-22-39(23-4-2)33-24-29-27-40(35-21-20-28(26-38)34(25-33)36(29)35)37(30-14-8-5-9-15-30,31-16-10-6-11-17-31)32-18-12-7-13-19-32/h5-21,29,33H,3-4,22-25,27H2,1-2H3. The Kier molecular flexibility index (Phi) is 7.46. The van der Waals surface area contributed by atoms with Crippen LogP contribution in [0.1, 0.15) is 72.4 Å². The highest BCUT2D eigenvalue weighted by molar-refractivity contribution is 5.73. The molecule has 202 valence electrons. The Morgan fingerprint density at radius 2 is 1.30 bits per heavy atom. The third kappa shape index (κ3) is 4.32. The van der Waals surface area contributed by atoms with Crippen LogP contribution < -0.4 is 4.90 Å². The highest BCUT2D eigenvalue weighted by atomic mass is 15.2. The number of nitrogens with zero attached hydrogens (tertiary/aromatic N) is 3. The van der Waals surface area contributed by atoms with Gasteiger partial charge in [0.05, 0.1) is 11.6 Å². The zero-order chi connectivity index (χ0) is 27.5. The molecule has 2 aliphatic rings. The molecule has 3 heteroatoms. The van der Waals surface area contributed by atoms with Gasteiger partial charge in [-0.25, -0.2) is 0 Å². The fourth-order valence-corrected chi connectivity index (χ4v) is 7.57. The normalized spacial score (nSPS) is 18.0. The van der Waals surface area contributed by atoms with E-state index < -0.39 is 5.54 Å². The second-order valence-corrected chi connectivity index (χ2v) is 11.4. The molecule has 2 atom stereocenters. The van der Waals surface area contributed by atoms with Gasteiger partial charge in [-0.1, -0.05) is 105 Å². The van der Waals surface area contributed by atoms with Crippen LogP contribution >= 0.6 is 0 Å². The first-order valence-corrected chi connectivity index (χ1v) is 15.0. The van der Waals surface area contributed by atoms with Gasteiger partial charge in [0, 0.05) is 24.2 Å². The molecule has 1 aliphatic carbocycles. The van der Waals surface area contributed by atoms with Crippen LogP contribution in [0.5, 0.6) is 0 Å². The van der Waals surface area contributed by atoms with Crippen molar-refractivity contribution in [2.24, 2.45) is 0 Å². The summed E-state index contributed by atoms with van der Waals surface area (Å²) in [5.41, 5.74) is 8.13. The van der Waals surface area contributed by atoms with Crippen LogP contribution in [0.25, 0.3) is 0 Å². The lowest BCUT2D eigenvalue weighted by Crippen LogP contribution is -2.48. The Hall–Kier alpha value is -3.87. The summed E-state index contributed by atoms with van der Waals surface area (Å²) in [5.74, 6) is 0.392. The predicted molar refractivity (Wildman–Crippen MR) is 165 cm³/mol. The molecule has 0 amide bonds. The molecule has 0 spiro atoms. The van der Waals surface area contributed by atoms with Gasteiger partial charge in [0.25, 0.3) is 0 Å². The van der Waals surface area contributed by atoms with Crippen molar-refractivity contribution in [1.82, 2.24) is 4.90 Å². The summed E-state index contributed by atoms with van der Waals surface area (Å²) in [6, 6.07) is 40.3. The van der Waals surface area contributed by atoms with Crippen LogP contribution in [-0.4, -0.2) is 30.6 Å². The Labute approximate surface area is 239 Å². The maximum atomic E-state index is 10.2. The van der Waals surface area contributed by atoms with Crippen LogP contribution in [0, 0.1) is 11.3 Å². The minimum Gasteiger partial charge on any atom is -0.353 e. The molecule has 6 rings (SSSR count). The summed E-state index contributed by atoms with van der Waals surface area (Å²) in [4.78, 5) is 5.36. The van der Waals surface area contributed by atoms with Crippen molar-refractivity contribution >= 4 is 5.69 Å². The molecule has 2 unspecified atom stereocenters. The molecular formula is C37H39N3. The summed E-state index contributed by atoms with van der Waals surface area (Å²) in [6.07, 6.45) is 4.42. The van der Waals surface area contributed by atoms with Gasteiger partial charge < -0.3 is 9.80 Å². The van der Waals surface area contributed by atoms with Gasteiger partial charge in [0.15, 0.2) is 0 Å². The first-order valence-electron chi connectivity index (χ1n) is 15.0. The smallest absolute Gasteiger partial charge is 0.116 e. The molecule has 4 aromatic rings. The minimum atomic E-state index is -0.495. The Morgan fingerprint density at radius 1 is 0.775 bits per heavy atom. The first-order chi connectivity index (χ1) is 19.7. The van der Waals surface area contributed by atoms with Crippen molar-refractivity contribution < 1.29 is 0 Å². The predicted octanol–water partition coefficient (Wildman–Crippen LogP) is 7.89. The number of nitriles is 1. The SMILES string of the molecule is CCCN(CCC)C1Cc2c(C#N)ccc3c2C(C1)CN3C(c1ccccc1)(c1ccccc1)c1ccccc1. The van der Waals surface area contributed by atoms with E-state index in [1.807, 2.05) is 0 Å². The van der Waals surface area contributed by atoms with Crippen molar-refractivity contribution in [2.45, 2.75) is 57.0 Å². The molecule has 0 fully saturated rings. The number of benzene rings is 4. The van der Waals surface area contributed by atoms with Crippen LogP contribution in [0.4, 0.5) is 5.69 Å². The van der Waals surface area contributed by atoms with E-state index in [9.17, 15) is 5.26 Å². The van der Waals surface area contributed by atoms with E-state index in [1.54, 1.807) is 0 Å². The molecule has 1 aliphatic heterocycles. The molecule has 3 nitrogen and oxygen atoms in total. The van der Waals surface area contributed by atoms with Gasteiger partial charge in [-0.05, 0) is 78.7 Å². The summed E-state index contributed by atoms with van der Waals surface area (Å²) in [7, 11) is 0. The van der Waals surface area contributed by atoms with E-state index in [2.05, 4.69) is 133 Å². The molecule has 0 aromatic heterocycles. The second-order valence-electron chi connectivity index (χ2n) is 11.4. The lowest BCUT2D eigenvalue weighted by molar-refractivity contribution is 0.171. The van der Waals surface area contributed by atoms with E-state index in [-0.39, 0.29) is 0 Å². The van der Waals surface area contributed by atoms with Crippen molar-refractivity contribution in [2.75, 3.05) is 24.5 Å². The maximum Gasteiger partial charge on any atom is 0.116 e. The Bertz CT molecular complexity index is 1370. The van der Waals surface area contributed by atoms with Gasteiger partial charge >= 0.3 is 0 Å². The van der Waals surface area contributed by atoms with Crippen molar-refractivity contribution in [3.05, 3.63) is 137 Å². The molecule has 0 saturated carbocycles. The molecule has 1 heterocycles. The van der Waals surface area contributed by atoms with Crippen LogP contribution in [0.2, 0.25) is 0 Å². The second kappa shape index (κ2) is 11.3. The van der Waals surface area contributed by atoms with E-state index in [1.165, 1.54) is 33.5 Å². The molecule has 0 saturated heterocycles. The number of hydrogen-bond acceptors (Lipinski definition) is 3. The zero-order valence-electron chi connectivity index (χ0n) is 23.8. The lowest BCUT2D eigenvalue weighted by atomic mass is 9.75. The van der Waals surface area contributed by atoms with Gasteiger partial charge in [-0.3, -0.25) is 0 Å². The summed E-state index contributed by atoms with van der Waals surface area (Å²) in [5, 5.41) is 10.2. The van der Waals surface area contributed by atoms with Gasteiger partial charge in [0.2, 0.25) is 0 Å². The Morgan fingerprint density at radius 3 is 1.77 bits per heavy atom. The van der Waals surface area contributed by atoms with Crippen LogP contribution in [0.15, 0.2) is 103 Å². The van der Waals surface area contributed by atoms with Gasteiger partial charge in [0.1, 0.15) is 5.54 Å². The van der Waals surface area contributed by atoms with Crippen LogP contribution in [-0.2, 0) is 12.0 Å². The van der Waals surface area contributed by atoms with Gasteiger partial charge in [-0.2, -0.15) is 5.26 Å². The monoisotopic (exact) mass is 525 g/mol. The summed E-state index contributed by atoms with van der Waals surface area (Å²) in [6.45, 7) is 7.73. The highest BCUT2D eigenvalue weighted by Crippen LogP contribution is 2.54. The van der Waals surface area contributed by atoms with Crippen molar-refractivity contribution in [1.29, 1.82) is 5.26 Å².